The van der Waals surface area contributed by atoms with E-state index in [0.717, 1.165) is 18.4 Å². The van der Waals surface area contributed by atoms with Gasteiger partial charge in [0.1, 0.15) is 11.4 Å². The maximum absolute atomic E-state index is 12.9. The predicted octanol–water partition coefficient (Wildman–Crippen LogP) is 5.03. The van der Waals surface area contributed by atoms with Crippen molar-refractivity contribution in [2.75, 3.05) is 6.61 Å². The van der Waals surface area contributed by atoms with E-state index in [4.69, 9.17) is 15.2 Å². The molecule has 0 saturated carbocycles. The molecule has 0 spiro atoms. The summed E-state index contributed by atoms with van der Waals surface area (Å²) >= 11 is 3.75. The topological polar surface area (TPSA) is 101 Å². The van der Waals surface area contributed by atoms with Crippen molar-refractivity contribution in [2.24, 2.45) is 5.73 Å². The maximum atomic E-state index is 12.9. The van der Waals surface area contributed by atoms with Crippen LogP contribution in [0, 0.1) is 6.92 Å². The Kier molecular flexibility index (Phi) is 7.73. The third-order valence-corrected chi connectivity index (χ3v) is 5.79. The Labute approximate surface area is 204 Å². The third kappa shape index (κ3) is 6.16. The molecule has 0 aliphatic carbocycles. The quantitative estimate of drug-likeness (QED) is 0.215. The highest BCUT2D eigenvalue weighted by molar-refractivity contribution is 9.10. The minimum absolute atomic E-state index is 0.167. The highest BCUT2D eigenvalue weighted by atomic mass is 79.9. The van der Waals surface area contributed by atoms with Crippen molar-refractivity contribution in [1.82, 2.24) is 4.57 Å². The van der Waals surface area contributed by atoms with Crippen molar-refractivity contribution in [3.63, 3.8) is 0 Å². The Morgan fingerprint density at radius 1 is 1.09 bits per heavy atom. The zero-order valence-electron chi connectivity index (χ0n) is 20.8. The van der Waals surface area contributed by atoms with E-state index in [1.54, 1.807) is 32.9 Å². The largest absolute Gasteiger partial charge is 0.481 e. The molecule has 33 heavy (non-hydrogen) atoms. The van der Waals surface area contributed by atoms with Crippen LogP contribution in [0.1, 0.15) is 77.4 Å². The first kappa shape index (κ1) is 26.9. The molecule has 0 saturated heterocycles. The molecule has 1 heterocycles. The number of ketones is 1. The van der Waals surface area contributed by atoms with Gasteiger partial charge in [-0.1, -0.05) is 28.9 Å². The number of primary amides is 1. The van der Waals surface area contributed by atoms with Crippen molar-refractivity contribution in [3.05, 3.63) is 29.5 Å². The molecular weight excluding hydrogens is 488 g/mol. The first-order valence-corrected chi connectivity index (χ1v) is 11.8. The predicted molar refractivity (Wildman–Crippen MR) is 133 cm³/mol. The number of halogens is 1. The van der Waals surface area contributed by atoms with Crippen LogP contribution >= 0.6 is 15.9 Å². The van der Waals surface area contributed by atoms with Gasteiger partial charge in [0.25, 0.3) is 11.7 Å². The number of alkyl halides is 1. The van der Waals surface area contributed by atoms with Crippen molar-refractivity contribution >= 4 is 44.5 Å². The summed E-state index contributed by atoms with van der Waals surface area (Å²) < 4.78 is 13.1. The highest BCUT2D eigenvalue weighted by Gasteiger charge is 2.36. The summed E-state index contributed by atoms with van der Waals surface area (Å²) in [6.45, 7) is 15.2. The van der Waals surface area contributed by atoms with E-state index in [-0.39, 0.29) is 22.0 Å². The molecule has 1 atom stereocenters. The summed E-state index contributed by atoms with van der Waals surface area (Å²) in [5.41, 5.74) is 5.94. The number of benzene rings is 1. The molecule has 0 fully saturated rings. The van der Waals surface area contributed by atoms with Crippen LogP contribution in [0.25, 0.3) is 10.9 Å². The highest BCUT2D eigenvalue weighted by Crippen LogP contribution is 2.42. The summed E-state index contributed by atoms with van der Waals surface area (Å²) in [6, 6.07) is 5.36. The minimum Gasteiger partial charge on any atom is -0.481 e. The Balaban J connectivity index is 2.73. The average Bonchev–Trinajstić information content (AvgIpc) is 2.95. The van der Waals surface area contributed by atoms with Gasteiger partial charge in [-0.2, -0.15) is 0 Å². The number of aromatic nitrogens is 1. The van der Waals surface area contributed by atoms with Gasteiger partial charge in [-0.3, -0.25) is 9.59 Å². The van der Waals surface area contributed by atoms with Gasteiger partial charge in [0.15, 0.2) is 6.61 Å². The van der Waals surface area contributed by atoms with E-state index < -0.39 is 23.3 Å². The molecule has 0 aliphatic rings. The molecule has 0 aliphatic heterocycles. The van der Waals surface area contributed by atoms with Crippen LogP contribution in [0.4, 0.5) is 0 Å². The van der Waals surface area contributed by atoms with Gasteiger partial charge in [-0.15, -0.1) is 0 Å². The second kappa shape index (κ2) is 9.49. The SMILES string of the molecule is CCC(C)(CC(C)(C)Br)n1c(C)c(C(=O)C(N)=O)c2c(OCC(=O)OC(C)(C)C)cccc21. The normalized spacial score (nSPS) is 14.1. The lowest BCUT2D eigenvalue weighted by molar-refractivity contribution is -0.157. The number of nitrogens with two attached hydrogens (primary N) is 1. The van der Waals surface area contributed by atoms with E-state index in [1.807, 2.05) is 13.0 Å². The number of fused-ring (bicyclic) bond motifs is 1. The number of esters is 1. The molecule has 1 aromatic heterocycles. The van der Waals surface area contributed by atoms with Crippen molar-refractivity contribution in [1.29, 1.82) is 0 Å². The fraction of sp³-hybridized carbons (Fsp3) is 0.560. The molecule has 1 aromatic carbocycles. The molecule has 7 nitrogen and oxygen atoms in total. The number of hydrogen-bond donors (Lipinski definition) is 1. The number of amides is 1. The first-order valence-electron chi connectivity index (χ1n) is 11.0. The average molecular weight is 523 g/mol. The molecule has 2 aromatic rings. The number of rotatable bonds is 9. The molecule has 1 unspecified atom stereocenters. The number of ether oxygens (including phenoxy) is 2. The Morgan fingerprint density at radius 2 is 1.70 bits per heavy atom. The van der Waals surface area contributed by atoms with E-state index in [2.05, 4.69) is 48.2 Å². The molecule has 0 bridgehead atoms. The molecule has 2 rings (SSSR count). The Bertz CT molecular complexity index is 1080. The van der Waals surface area contributed by atoms with Gasteiger partial charge in [-0.25, -0.2) is 4.79 Å². The fourth-order valence-corrected chi connectivity index (χ4v) is 5.03. The molecular formula is C25H35BrN2O5. The van der Waals surface area contributed by atoms with E-state index in [9.17, 15) is 14.4 Å². The van der Waals surface area contributed by atoms with Crippen LogP contribution < -0.4 is 10.5 Å². The monoisotopic (exact) mass is 522 g/mol. The zero-order chi connectivity index (χ0) is 25.4. The molecule has 2 N–H and O–H groups in total. The number of carbonyl (C=O) groups excluding carboxylic acids is 3. The lowest BCUT2D eigenvalue weighted by atomic mass is 9.87. The second-order valence-electron chi connectivity index (χ2n) is 10.3. The summed E-state index contributed by atoms with van der Waals surface area (Å²) in [5.74, 6) is -2.04. The minimum atomic E-state index is -1.04. The standard InChI is InChI=1S/C25H35BrN2O5/c1-9-25(8,14-24(6,7)26)28-15(2)19(21(30)22(27)31)20-16(28)11-10-12-17(20)32-13-18(29)33-23(3,4)5/h10-12H,9,13-14H2,1-8H3,(H2,27,31). The van der Waals surface area contributed by atoms with Crippen molar-refractivity contribution in [3.8, 4) is 5.75 Å². The summed E-state index contributed by atoms with van der Waals surface area (Å²) in [7, 11) is 0. The van der Waals surface area contributed by atoms with Crippen molar-refractivity contribution in [2.45, 2.75) is 83.7 Å². The lowest BCUT2D eigenvalue weighted by Gasteiger charge is -2.37. The van der Waals surface area contributed by atoms with Gasteiger partial charge in [-0.05, 0) is 73.4 Å². The fourth-order valence-electron chi connectivity index (χ4n) is 4.42. The van der Waals surface area contributed by atoms with E-state index in [1.165, 1.54) is 0 Å². The van der Waals surface area contributed by atoms with E-state index in [0.29, 0.717) is 16.8 Å². The van der Waals surface area contributed by atoms with Crippen LogP contribution in [-0.4, -0.2) is 38.8 Å². The molecule has 0 radical (unpaired) electrons. The van der Waals surface area contributed by atoms with Crippen LogP contribution in [0.15, 0.2) is 18.2 Å². The maximum Gasteiger partial charge on any atom is 0.344 e. The van der Waals surface area contributed by atoms with Crippen molar-refractivity contribution < 1.29 is 23.9 Å². The van der Waals surface area contributed by atoms with Gasteiger partial charge >= 0.3 is 5.97 Å². The van der Waals surface area contributed by atoms with E-state index >= 15 is 0 Å². The number of Topliss-reactive ketones (excluding diaryl/α,β-unsaturated/α-hetero) is 1. The Hall–Kier alpha value is -2.35. The lowest BCUT2D eigenvalue weighted by Crippen LogP contribution is -2.36. The van der Waals surface area contributed by atoms with Crippen LogP contribution in [0.5, 0.6) is 5.75 Å². The molecule has 182 valence electrons. The first-order chi connectivity index (χ1) is 15.0. The van der Waals surface area contributed by atoms with Crippen LogP contribution in [0.2, 0.25) is 0 Å². The van der Waals surface area contributed by atoms with Crippen LogP contribution in [0.3, 0.4) is 0 Å². The van der Waals surface area contributed by atoms with Gasteiger partial charge in [0.05, 0.1) is 16.5 Å². The zero-order valence-corrected chi connectivity index (χ0v) is 22.4. The summed E-state index contributed by atoms with van der Waals surface area (Å²) in [6.07, 6.45) is 1.54. The van der Waals surface area contributed by atoms with Crippen LogP contribution in [-0.2, 0) is 19.9 Å². The second-order valence-corrected chi connectivity index (χ2v) is 12.4. The van der Waals surface area contributed by atoms with Gasteiger partial charge < -0.3 is 19.8 Å². The number of carbonyl (C=O) groups is 3. The van der Waals surface area contributed by atoms with Gasteiger partial charge in [0, 0.05) is 15.6 Å². The summed E-state index contributed by atoms with van der Waals surface area (Å²) in [4.78, 5) is 37.1. The summed E-state index contributed by atoms with van der Waals surface area (Å²) in [5, 5.41) is 0.467. The molecule has 8 heteroatoms. The third-order valence-electron chi connectivity index (χ3n) is 5.51. The smallest absolute Gasteiger partial charge is 0.344 e. The van der Waals surface area contributed by atoms with Gasteiger partial charge in [0.2, 0.25) is 0 Å². The number of nitrogens with zero attached hydrogens (tertiary/aromatic N) is 1. The Morgan fingerprint density at radius 3 is 2.18 bits per heavy atom. The molecule has 1 amide bonds. The number of hydrogen-bond acceptors (Lipinski definition) is 5.